The molecule has 4 fully saturated rings. The third-order valence-electron chi connectivity index (χ3n) is 11.3. The van der Waals surface area contributed by atoms with Crippen molar-refractivity contribution in [1.82, 2.24) is 25.5 Å². The molecule has 3 saturated carbocycles. The standard InChI is InChI=1S/C41H52N6O9S/c1-7-24-18-41(24,37(51)52)46-35(49)32-16-27(19-47(32)36(50)34(40(4,5)6)45-39(53)56-26-13-22-12-23(22)14-26)55-33-17-30(31-20-57-38(44-31)42-21(2)3)43-29-15-25(54-11-10-48)8-9-28(29)33/h7-9,15,17,20-24,26-27,32,34,48H,1,10-14,16,18-19H2,2-6H3,(H,42,44)(H,45,53)(H,46,49)(H,51,52)/t22-,23?,24+,26?,27-,32-,34?,41?/m0/s1. The van der Waals surface area contributed by atoms with Gasteiger partial charge in [0.2, 0.25) is 11.8 Å². The number of alkyl carbamates (subject to hydrolysis) is 1. The summed E-state index contributed by atoms with van der Waals surface area (Å²) in [6.07, 6.45) is 2.91. The molecule has 0 spiro atoms. The van der Waals surface area contributed by atoms with Crippen LogP contribution in [0.15, 0.2) is 42.3 Å². The Morgan fingerprint density at radius 2 is 1.82 bits per heavy atom. The number of ether oxygens (including phenoxy) is 3. The number of aromatic nitrogens is 2. The molecule has 2 aromatic heterocycles. The second-order valence-electron chi connectivity index (χ2n) is 17.1. The molecular weight excluding hydrogens is 753 g/mol. The molecule has 3 amide bonds. The number of nitrogens with one attached hydrogen (secondary N) is 3. The van der Waals surface area contributed by atoms with Crippen LogP contribution in [-0.2, 0) is 19.1 Å². The third kappa shape index (κ3) is 8.66. The van der Waals surface area contributed by atoms with E-state index in [0.717, 1.165) is 18.0 Å². The Morgan fingerprint density at radius 1 is 1.07 bits per heavy atom. The first kappa shape index (κ1) is 40.2. The number of carbonyl (C=O) groups is 4. The van der Waals surface area contributed by atoms with E-state index in [1.165, 1.54) is 28.7 Å². The van der Waals surface area contributed by atoms with Crippen LogP contribution in [0.3, 0.4) is 0 Å². The molecular formula is C41H52N6O9S. The highest BCUT2D eigenvalue weighted by atomic mass is 32.1. The van der Waals surface area contributed by atoms with Gasteiger partial charge in [-0.1, -0.05) is 26.8 Å². The molecule has 16 heteroatoms. The van der Waals surface area contributed by atoms with E-state index < -0.39 is 58.9 Å². The van der Waals surface area contributed by atoms with Gasteiger partial charge in [0, 0.05) is 41.3 Å². The number of thiazole rings is 1. The molecule has 7 rings (SSSR count). The summed E-state index contributed by atoms with van der Waals surface area (Å²) in [6.45, 7) is 13.1. The van der Waals surface area contributed by atoms with Gasteiger partial charge in [0.1, 0.15) is 53.6 Å². The SMILES string of the molecule is C=C[C@@H]1CC1(NC(=O)[C@@H]1C[C@H](Oc2cc(-c3csc(NC(C)C)n3)nc3cc(OCCO)ccc23)CN1C(=O)C(NC(=O)OC1CC2C[C@H]2C1)C(C)(C)C)C(=O)O. The van der Waals surface area contributed by atoms with E-state index in [0.29, 0.717) is 45.6 Å². The maximum Gasteiger partial charge on any atom is 0.408 e. The average molecular weight is 805 g/mol. The van der Waals surface area contributed by atoms with E-state index in [1.807, 2.05) is 40.0 Å². The highest BCUT2D eigenvalue weighted by Gasteiger charge is 2.61. The van der Waals surface area contributed by atoms with Gasteiger partial charge in [-0.25, -0.2) is 19.6 Å². The van der Waals surface area contributed by atoms with Gasteiger partial charge in [0.25, 0.3) is 0 Å². The Kier molecular flexibility index (Phi) is 11.1. The summed E-state index contributed by atoms with van der Waals surface area (Å²) < 4.78 is 18.1. The first-order valence-electron chi connectivity index (χ1n) is 19.6. The number of anilines is 1. The van der Waals surface area contributed by atoms with Crippen molar-refractivity contribution < 1.29 is 43.6 Å². The van der Waals surface area contributed by atoms with Crippen LogP contribution in [0.2, 0.25) is 0 Å². The van der Waals surface area contributed by atoms with Gasteiger partial charge in [-0.2, -0.15) is 0 Å². The minimum Gasteiger partial charge on any atom is -0.491 e. The topological polar surface area (TPSA) is 202 Å². The second kappa shape index (κ2) is 15.8. The van der Waals surface area contributed by atoms with Crippen molar-refractivity contribution in [2.24, 2.45) is 23.2 Å². The van der Waals surface area contributed by atoms with Crippen molar-refractivity contribution in [3.8, 4) is 22.9 Å². The molecule has 3 aliphatic carbocycles. The molecule has 15 nitrogen and oxygen atoms in total. The van der Waals surface area contributed by atoms with Crippen molar-refractivity contribution in [2.45, 2.75) is 103 Å². The predicted octanol–water partition coefficient (Wildman–Crippen LogP) is 4.98. The lowest BCUT2D eigenvalue weighted by molar-refractivity contribution is -0.146. The van der Waals surface area contributed by atoms with Crippen molar-refractivity contribution in [2.75, 3.05) is 25.1 Å². The van der Waals surface area contributed by atoms with Crippen LogP contribution in [0.25, 0.3) is 22.3 Å². The van der Waals surface area contributed by atoms with Gasteiger partial charge in [0.05, 0.1) is 24.4 Å². The lowest BCUT2D eigenvalue weighted by atomic mass is 9.85. The minimum absolute atomic E-state index is 0.0346. The molecule has 8 atom stereocenters. The summed E-state index contributed by atoms with van der Waals surface area (Å²) in [6, 6.07) is 5.02. The zero-order chi connectivity index (χ0) is 40.8. The molecule has 57 heavy (non-hydrogen) atoms. The van der Waals surface area contributed by atoms with Crippen LogP contribution in [0, 0.1) is 23.2 Å². The summed E-state index contributed by atoms with van der Waals surface area (Å²) in [5.41, 5.74) is -0.649. The zero-order valence-corrected chi connectivity index (χ0v) is 33.8. The number of carbonyl (C=O) groups excluding carboxylic acids is 3. The molecule has 1 saturated heterocycles. The number of hydrogen-bond acceptors (Lipinski definition) is 12. The van der Waals surface area contributed by atoms with Gasteiger partial charge in [-0.05, 0) is 68.9 Å². The molecule has 0 radical (unpaired) electrons. The van der Waals surface area contributed by atoms with Crippen molar-refractivity contribution in [3.63, 3.8) is 0 Å². The first-order chi connectivity index (χ1) is 27.1. The number of benzene rings is 1. The summed E-state index contributed by atoms with van der Waals surface area (Å²) in [5, 5.41) is 31.5. The number of amides is 3. The molecule has 5 N–H and O–H groups in total. The number of carboxylic acid groups (broad SMARTS) is 1. The number of carboxylic acids is 1. The molecule has 0 bridgehead atoms. The van der Waals surface area contributed by atoms with E-state index in [4.69, 9.17) is 24.2 Å². The number of likely N-dealkylation sites (tertiary alicyclic amines) is 1. The fourth-order valence-electron chi connectivity index (χ4n) is 8.11. The number of aliphatic carboxylic acids is 1. The first-order valence-corrected chi connectivity index (χ1v) is 20.5. The van der Waals surface area contributed by atoms with Gasteiger partial charge < -0.3 is 45.3 Å². The van der Waals surface area contributed by atoms with Gasteiger partial charge in [0.15, 0.2) is 5.13 Å². The lowest BCUT2D eigenvalue weighted by Crippen LogP contribution is -2.59. The van der Waals surface area contributed by atoms with Crippen molar-refractivity contribution in [1.29, 1.82) is 0 Å². The van der Waals surface area contributed by atoms with Gasteiger partial charge in [-0.3, -0.25) is 9.59 Å². The molecule has 4 unspecified atom stereocenters. The number of hydrogen-bond donors (Lipinski definition) is 5. The number of rotatable bonds is 15. The predicted molar refractivity (Wildman–Crippen MR) is 213 cm³/mol. The van der Waals surface area contributed by atoms with Crippen LogP contribution < -0.4 is 25.4 Å². The van der Waals surface area contributed by atoms with Crippen molar-refractivity contribution >= 4 is 51.2 Å². The Hall–Kier alpha value is -4.96. The fourth-order valence-corrected chi connectivity index (χ4v) is 8.96. The Bertz CT molecular complexity index is 2040. The molecule has 3 aromatic rings. The summed E-state index contributed by atoms with van der Waals surface area (Å²) in [4.78, 5) is 65.5. The van der Waals surface area contributed by atoms with E-state index in [2.05, 4.69) is 22.5 Å². The van der Waals surface area contributed by atoms with Crippen LogP contribution >= 0.6 is 11.3 Å². The highest BCUT2D eigenvalue weighted by Crippen LogP contribution is 2.52. The van der Waals surface area contributed by atoms with Gasteiger partial charge in [-0.15, -0.1) is 17.9 Å². The van der Waals surface area contributed by atoms with Crippen LogP contribution in [0.1, 0.15) is 66.7 Å². The smallest absolute Gasteiger partial charge is 0.408 e. The lowest BCUT2D eigenvalue weighted by Gasteiger charge is -2.35. The summed E-state index contributed by atoms with van der Waals surface area (Å²) in [7, 11) is 0. The van der Waals surface area contributed by atoms with Crippen LogP contribution in [0.4, 0.5) is 9.93 Å². The highest BCUT2D eigenvalue weighted by molar-refractivity contribution is 7.14. The summed E-state index contributed by atoms with van der Waals surface area (Å²) in [5.74, 6) is -0.685. The quantitative estimate of drug-likeness (QED) is 0.129. The van der Waals surface area contributed by atoms with E-state index >= 15 is 0 Å². The van der Waals surface area contributed by atoms with E-state index in [9.17, 15) is 29.4 Å². The van der Waals surface area contributed by atoms with E-state index in [-0.39, 0.29) is 44.7 Å². The maximum atomic E-state index is 14.7. The van der Waals surface area contributed by atoms with Crippen LogP contribution in [0.5, 0.6) is 11.5 Å². The second-order valence-corrected chi connectivity index (χ2v) is 17.9. The zero-order valence-electron chi connectivity index (χ0n) is 32.9. The Morgan fingerprint density at radius 3 is 2.47 bits per heavy atom. The Labute approximate surface area is 335 Å². The maximum absolute atomic E-state index is 14.7. The number of pyridine rings is 1. The third-order valence-corrected chi connectivity index (χ3v) is 12.1. The minimum atomic E-state index is -1.53. The Balaban J connectivity index is 1.19. The van der Waals surface area contributed by atoms with E-state index in [1.54, 1.807) is 24.3 Å². The number of aliphatic hydroxyl groups excluding tert-OH is 1. The number of nitrogens with zero attached hydrogens (tertiary/aromatic N) is 3. The number of aliphatic hydroxyl groups is 1. The van der Waals surface area contributed by atoms with Crippen molar-refractivity contribution in [3.05, 3.63) is 42.3 Å². The molecule has 4 aliphatic rings. The molecule has 1 aliphatic heterocycles. The monoisotopic (exact) mass is 804 g/mol. The normalized spacial score (nSPS) is 26.7. The van der Waals surface area contributed by atoms with Crippen LogP contribution in [-0.4, -0.2) is 105 Å². The number of fused-ring (bicyclic) bond motifs is 2. The molecule has 306 valence electrons. The largest absolute Gasteiger partial charge is 0.491 e. The molecule has 3 heterocycles. The average Bonchev–Trinajstić information content (AvgIpc) is 3.82. The molecule has 1 aromatic carbocycles. The van der Waals surface area contributed by atoms with Gasteiger partial charge >= 0.3 is 12.1 Å². The fraction of sp³-hybridized carbons (Fsp3) is 0.561. The summed E-state index contributed by atoms with van der Waals surface area (Å²) >= 11 is 1.44.